The lowest BCUT2D eigenvalue weighted by Gasteiger charge is -2.34. The number of aliphatic hydroxyl groups is 1. The molecule has 2 aliphatic rings. The highest BCUT2D eigenvalue weighted by molar-refractivity contribution is 5.85. The van der Waals surface area contributed by atoms with Crippen LogP contribution in [0.2, 0.25) is 0 Å². The van der Waals surface area contributed by atoms with Gasteiger partial charge in [0.1, 0.15) is 0 Å². The number of likely N-dealkylation sites (tertiary alicyclic amines) is 1. The van der Waals surface area contributed by atoms with Gasteiger partial charge in [-0.15, -0.1) is 12.4 Å². The highest BCUT2D eigenvalue weighted by Gasteiger charge is 2.26. The number of aryl methyl sites for hydroxylation is 1. The van der Waals surface area contributed by atoms with Crippen LogP contribution in [0.4, 0.5) is 0 Å². The number of rotatable bonds is 3. The lowest BCUT2D eigenvalue weighted by molar-refractivity contribution is 0.117. The van der Waals surface area contributed by atoms with Crippen molar-refractivity contribution in [3.63, 3.8) is 0 Å². The summed E-state index contributed by atoms with van der Waals surface area (Å²) in [5.41, 5.74) is 4.01. The number of aliphatic hydroxyl groups excluding tert-OH is 1. The lowest BCUT2D eigenvalue weighted by atomic mass is 9.88. The average Bonchev–Trinajstić information content (AvgIpc) is 2.82. The Labute approximate surface area is 163 Å². The third-order valence-electron chi connectivity index (χ3n) is 6.17. The quantitative estimate of drug-likeness (QED) is 0.769. The largest absolute Gasteiger partial charge is 0.388 e. The fourth-order valence-corrected chi connectivity index (χ4v) is 4.71. The number of benzene rings is 2. The van der Waals surface area contributed by atoms with Gasteiger partial charge in [0.25, 0.3) is 0 Å². The van der Waals surface area contributed by atoms with Gasteiger partial charge in [-0.25, -0.2) is 0 Å². The molecule has 0 saturated carbocycles. The van der Waals surface area contributed by atoms with E-state index in [0.29, 0.717) is 5.92 Å². The van der Waals surface area contributed by atoms with Crippen molar-refractivity contribution in [3.05, 3.63) is 71.3 Å². The van der Waals surface area contributed by atoms with Crippen LogP contribution in [0, 0.1) is 5.92 Å². The fourth-order valence-electron chi connectivity index (χ4n) is 4.71. The first-order valence-electron chi connectivity index (χ1n) is 9.83. The summed E-state index contributed by atoms with van der Waals surface area (Å²) in [6, 6.07) is 19.4. The predicted molar refractivity (Wildman–Crippen MR) is 110 cm³/mol. The van der Waals surface area contributed by atoms with Gasteiger partial charge in [0, 0.05) is 6.54 Å². The smallest absolute Gasteiger partial charge is 0.0795 e. The number of fused-ring (bicyclic) bond motifs is 1. The van der Waals surface area contributed by atoms with Crippen LogP contribution in [-0.4, -0.2) is 29.6 Å². The Bertz CT molecular complexity index is 682. The molecule has 0 bridgehead atoms. The van der Waals surface area contributed by atoms with Crippen molar-refractivity contribution in [1.29, 1.82) is 0 Å². The Morgan fingerprint density at radius 3 is 2.35 bits per heavy atom. The molecule has 1 aliphatic carbocycles. The summed E-state index contributed by atoms with van der Waals surface area (Å²) in [7, 11) is 0. The first kappa shape index (κ1) is 19.4. The van der Waals surface area contributed by atoms with Crippen LogP contribution < -0.4 is 0 Å². The molecule has 3 heteroatoms. The topological polar surface area (TPSA) is 23.5 Å². The van der Waals surface area contributed by atoms with Crippen molar-refractivity contribution >= 4 is 12.4 Å². The third-order valence-corrected chi connectivity index (χ3v) is 6.17. The average molecular weight is 372 g/mol. The molecule has 2 aromatic rings. The van der Waals surface area contributed by atoms with Crippen LogP contribution >= 0.6 is 12.4 Å². The molecule has 2 nitrogen and oxygen atoms in total. The van der Waals surface area contributed by atoms with Crippen LogP contribution in [0.3, 0.4) is 0 Å². The Kier molecular flexibility index (Phi) is 6.74. The third kappa shape index (κ3) is 4.49. The summed E-state index contributed by atoms with van der Waals surface area (Å²) in [5.74, 6) is 1.33. The van der Waals surface area contributed by atoms with E-state index in [4.69, 9.17) is 0 Å². The number of halogens is 1. The van der Waals surface area contributed by atoms with Crippen LogP contribution in [0.25, 0.3) is 0 Å². The lowest BCUT2D eigenvalue weighted by Crippen LogP contribution is -2.36. The number of nitrogens with zero attached hydrogens (tertiary/aromatic N) is 1. The Morgan fingerprint density at radius 1 is 0.885 bits per heavy atom. The Hall–Kier alpha value is -1.35. The Morgan fingerprint density at radius 2 is 1.58 bits per heavy atom. The van der Waals surface area contributed by atoms with Crippen molar-refractivity contribution in [2.45, 2.75) is 44.1 Å². The van der Waals surface area contributed by atoms with Crippen molar-refractivity contribution in [2.75, 3.05) is 19.6 Å². The van der Waals surface area contributed by atoms with E-state index in [1.807, 2.05) is 0 Å². The standard InChI is InChI=1S/C23H29NO.ClH/c25-23-16-18(10-11-21-8-4-5-9-22(21)23)17-24-14-12-20(13-15-24)19-6-2-1-3-7-19;/h1-9,18,20,23,25H,10-17H2;1H/t18-,23+;/m0./s1. The minimum absolute atomic E-state index is 0. The molecule has 2 atom stereocenters. The predicted octanol–water partition coefficient (Wildman–Crippen LogP) is 4.97. The first-order valence-corrected chi connectivity index (χ1v) is 9.83. The second-order valence-electron chi connectivity index (χ2n) is 7.84. The number of hydrogen-bond acceptors (Lipinski definition) is 2. The highest BCUT2D eigenvalue weighted by Crippen LogP contribution is 2.34. The monoisotopic (exact) mass is 371 g/mol. The molecule has 1 aliphatic heterocycles. The van der Waals surface area contributed by atoms with Crippen LogP contribution in [0.15, 0.2) is 54.6 Å². The van der Waals surface area contributed by atoms with Crippen molar-refractivity contribution < 1.29 is 5.11 Å². The highest BCUT2D eigenvalue weighted by atomic mass is 35.5. The van der Waals surface area contributed by atoms with E-state index in [9.17, 15) is 5.11 Å². The van der Waals surface area contributed by atoms with Crippen molar-refractivity contribution in [1.82, 2.24) is 4.90 Å². The maximum absolute atomic E-state index is 10.6. The molecule has 4 rings (SSSR count). The van der Waals surface area contributed by atoms with Gasteiger partial charge in [0.15, 0.2) is 0 Å². The molecule has 0 aromatic heterocycles. The number of piperidine rings is 1. The van der Waals surface area contributed by atoms with Crippen LogP contribution in [-0.2, 0) is 6.42 Å². The van der Waals surface area contributed by atoms with E-state index in [1.165, 1.54) is 43.5 Å². The summed E-state index contributed by atoms with van der Waals surface area (Å²) in [4.78, 5) is 2.63. The van der Waals surface area contributed by atoms with Crippen molar-refractivity contribution in [2.24, 2.45) is 5.92 Å². The van der Waals surface area contributed by atoms with Crippen LogP contribution in [0.1, 0.15) is 54.4 Å². The van der Waals surface area contributed by atoms with Gasteiger partial charge in [-0.05, 0) is 73.7 Å². The summed E-state index contributed by atoms with van der Waals surface area (Å²) < 4.78 is 0. The van der Waals surface area contributed by atoms with E-state index in [2.05, 4.69) is 59.5 Å². The second kappa shape index (κ2) is 9.03. The van der Waals surface area contributed by atoms with E-state index >= 15 is 0 Å². The zero-order valence-corrected chi connectivity index (χ0v) is 16.2. The summed E-state index contributed by atoms with van der Waals surface area (Å²) in [6.45, 7) is 3.53. The number of hydrogen-bond donors (Lipinski definition) is 1. The van der Waals surface area contributed by atoms with Gasteiger partial charge >= 0.3 is 0 Å². The normalized spacial score (nSPS) is 24.3. The molecule has 2 aromatic carbocycles. The van der Waals surface area contributed by atoms with Gasteiger partial charge in [0.05, 0.1) is 6.10 Å². The van der Waals surface area contributed by atoms with Gasteiger partial charge in [-0.3, -0.25) is 0 Å². The van der Waals surface area contributed by atoms with E-state index < -0.39 is 0 Å². The molecule has 0 spiro atoms. The van der Waals surface area contributed by atoms with Crippen LogP contribution in [0.5, 0.6) is 0 Å². The first-order chi connectivity index (χ1) is 12.3. The van der Waals surface area contributed by atoms with Crippen molar-refractivity contribution in [3.8, 4) is 0 Å². The molecule has 1 fully saturated rings. The SMILES string of the molecule is Cl.O[C@@H]1C[C@@H](CN2CCC(c3ccccc3)CC2)CCc2ccccc21. The van der Waals surface area contributed by atoms with E-state index in [0.717, 1.165) is 30.9 Å². The van der Waals surface area contributed by atoms with E-state index in [1.54, 1.807) is 0 Å². The maximum Gasteiger partial charge on any atom is 0.0795 e. The molecule has 1 heterocycles. The molecule has 26 heavy (non-hydrogen) atoms. The van der Waals surface area contributed by atoms with Gasteiger partial charge in [-0.1, -0.05) is 54.6 Å². The molecule has 0 unspecified atom stereocenters. The van der Waals surface area contributed by atoms with Gasteiger partial charge < -0.3 is 10.0 Å². The summed E-state index contributed by atoms with van der Waals surface area (Å²) in [5, 5.41) is 10.6. The fraction of sp³-hybridized carbons (Fsp3) is 0.478. The minimum Gasteiger partial charge on any atom is -0.388 e. The zero-order chi connectivity index (χ0) is 17.1. The molecule has 1 saturated heterocycles. The molecule has 0 amide bonds. The minimum atomic E-state index is -0.287. The Balaban J connectivity index is 0.00000196. The second-order valence-corrected chi connectivity index (χ2v) is 7.84. The molecular weight excluding hydrogens is 342 g/mol. The molecule has 140 valence electrons. The molecule has 1 N–H and O–H groups in total. The van der Waals surface area contributed by atoms with Gasteiger partial charge in [0.2, 0.25) is 0 Å². The zero-order valence-electron chi connectivity index (χ0n) is 15.4. The maximum atomic E-state index is 10.6. The summed E-state index contributed by atoms with van der Waals surface area (Å²) >= 11 is 0. The van der Waals surface area contributed by atoms with E-state index in [-0.39, 0.29) is 18.5 Å². The van der Waals surface area contributed by atoms with Gasteiger partial charge in [-0.2, -0.15) is 0 Å². The molecular formula is C23H30ClNO. The molecule has 0 radical (unpaired) electrons. The summed E-state index contributed by atoms with van der Waals surface area (Å²) in [6.07, 6.45) is 5.46.